The van der Waals surface area contributed by atoms with E-state index in [1.165, 1.54) is 14.2 Å². The summed E-state index contributed by atoms with van der Waals surface area (Å²) in [4.78, 5) is 30.9. The van der Waals surface area contributed by atoms with Gasteiger partial charge >= 0.3 is 0 Å². The number of amides is 2. The number of carbonyl (C=O) groups is 2. The van der Waals surface area contributed by atoms with Crippen LogP contribution in [0.3, 0.4) is 0 Å². The van der Waals surface area contributed by atoms with Gasteiger partial charge in [-0.05, 0) is 59.5 Å². The minimum absolute atomic E-state index is 0.102. The molecule has 4 N–H and O–H groups in total. The Morgan fingerprint density at radius 1 is 0.814 bits per heavy atom. The predicted molar refractivity (Wildman–Crippen MR) is 165 cm³/mol. The van der Waals surface area contributed by atoms with Crippen LogP contribution in [-0.4, -0.2) is 31.1 Å². The Morgan fingerprint density at radius 3 is 2.28 bits per heavy atom. The van der Waals surface area contributed by atoms with Crippen molar-refractivity contribution in [1.82, 2.24) is 5.32 Å². The van der Waals surface area contributed by atoms with Gasteiger partial charge in [0.2, 0.25) is 0 Å². The number of methoxy groups -OCH3 is 1. The largest absolute Gasteiger partial charge is 0.504 e. The number of carbonyl (C=O) groups excluding carboxylic acids is 2. The average Bonchev–Trinajstić information content (AvgIpc) is 3.05. The third kappa shape index (κ3) is 6.77. The van der Waals surface area contributed by atoms with Crippen LogP contribution in [0, 0.1) is 0 Å². The van der Waals surface area contributed by atoms with Crippen molar-refractivity contribution in [1.29, 1.82) is 0 Å². The van der Waals surface area contributed by atoms with Gasteiger partial charge < -0.3 is 20.5 Å². The zero-order valence-corrected chi connectivity index (χ0v) is 23.5. The van der Waals surface area contributed by atoms with E-state index in [4.69, 9.17) is 9.57 Å². The highest BCUT2D eigenvalue weighted by Gasteiger charge is 2.17. The van der Waals surface area contributed by atoms with E-state index in [0.29, 0.717) is 45.6 Å². The Kier molecular flexibility index (Phi) is 8.89. The molecule has 0 saturated carbocycles. The monoisotopic (exact) mass is 575 g/mol. The number of ether oxygens (including phenoxy) is 1. The van der Waals surface area contributed by atoms with Crippen molar-refractivity contribution in [3.63, 3.8) is 0 Å². The van der Waals surface area contributed by atoms with Gasteiger partial charge in [0.1, 0.15) is 17.1 Å². The molecule has 10 nitrogen and oxygen atoms in total. The minimum atomic E-state index is -0.420. The van der Waals surface area contributed by atoms with E-state index in [-0.39, 0.29) is 23.0 Å². The maximum absolute atomic E-state index is 12.9. The van der Waals surface area contributed by atoms with E-state index in [1.54, 1.807) is 72.8 Å². The molecule has 43 heavy (non-hydrogen) atoms. The van der Waals surface area contributed by atoms with Crippen molar-refractivity contribution in [2.24, 2.45) is 10.2 Å². The minimum Gasteiger partial charge on any atom is -0.504 e. The lowest BCUT2D eigenvalue weighted by Crippen LogP contribution is -2.17. The summed E-state index contributed by atoms with van der Waals surface area (Å²) in [5, 5.41) is 26.5. The zero-order valence-electron chi connectivity index (χ0n) is 23.5. The Bertz CT molecular complexity index is 1790. The molecule has 0 aliphatic rings. The molecule has 0 spiro atoms. The highest BCUT2D eigenvalue weighted by molar-refractivity contribution is 6.09. The Balaban J connectivity index is 1.50. The molecule has 0 unspecified atom stereocenters. The first kappa shape index (κ1) is 28.8. The number of phenols is 1. The summed E-state index contributed by atoms with van der Waals surface area (Å²) < 4.78 is 5.47. The number of hydrogen-bond donors (Lipinski definition) is 4. The number of nitrogens with one attached hydrogen (secondary N) is 3. The number of hydrogen-bond acceptors (Lipinski definition) is 8. The first-order valence-corrected chi connectivity index (χ1v) is 13.4. The third-order valence-corrected chi connectivity index (χ3v) is 6.57. The third-order valence-electron chi connectivity index (χ3n) is 6.57. The molecule has 5 aromatic carbocycles. The SMILES string of the molecule is CNC(=O)c1ccc2c(N=Nc3cc(NOCc4ccccc4)ccc3OC)c(O)c(NC(=O)c3ccccc3)cc2c1. The molecule has 0 radical (unpaired) electrons. The second-order valence-corrected chi connectivity index (χ2v) is 9.42. The van der Waals surface area contributed by atoms with E-state index in [9.17, 15) is 14.7 Å². The second-order valence-electron chi connectivity index (χ2n) is 9.42. The fourth-order valence-corrected chi connectivity index (χ4v) is 4.36. The van der Waals surface area contributed by atoms with Gasteiger partial charge in [-0.15, -0.1) is 10.2 Å². The molecule has 0 atom stereocenters. The van der Waals surface area contributed by atoms with Crippen molar-refractivity contribution in [3.8, 4) is 11.5 Å². The molecule has 0 bridgehead atoms. The number of rotatable bonds is 10. The number of fused-ring (bicyclic) bond motifs is 1. The van der Waals surface area contributed by atoms with E-state index in [0.717, 1.165) is 5.56 Å². The van der Waals surface area contributed by atoms with Crippen LogP contribution in [0.15, 0.2) is 113 Å². The molecule has 0 heterocycles. The molecule has 0 aliphatic heterocycles. The number of nitrogens with zero attached hydrogens (tertiary/aromatic N) is 2. The van der Waals surface area contributed by atoms with E-state index < -0.39 is 5.91 Å². The number of phenolic OH excluding ortho intramolecular Hbond substituents is 1. The number of azo groups is 1. The lowest BCUT2D eigenvalue weighted by atomic mass is 10.0. The van der Waals surface area contributed by atoms with Gasteiger partial charge in [-0.25, -0.2) is 0 Å². The van der Waals surface area contributed by atoms with Crippen LogP contribution in [-0.2, 0) is 11.4 Å². The van der Waals surface area contributed by atoms with Crippen LogP contribution in [0.2, 0.25) is 0 Å². The fraction of sp³-hybridized carbons (Fsp3) is 0.0909. The van der Waals surface area contributed by atoms with Crippen LogP contribution in [0.25, 0.3) is 10.8 Å². The first-order chi connectivity index (χ1) is 21.0. The van der Waals surface area contributed by atoms with Gasteiger partial charge in [-0.1, -0.05) is 54.6 Å². The molecule has 10 heteroatoms. The lowest BCUT2D eigenvalue weighted by molar-refractivity contribution is 0.0962. The molecule has 0 fully saturated rings. The number of aromatic hydroxyl groups is 1. The summed E-state index contributed by atoms with van der Waals surface area (Å²) in [7, 11) is 3.05. The molecular formula is C33H29N5O5. The molecule has 5 rings (SSSR count). The topological polar surface area (TPSA) is 134 Å². The summed E-state index contributed by atoms with van der Waals surface area (Å²) in [5.41, 5.74) is 5.91. The van der Waals surface area contributed by atoms with E-state index in [1.807, 2.05) is 30.3 Å². The summed E-state index contributed by atoms with van der Waals surface area (Å²) in [6, 6.07) is 30.1. The molecule has 0 aliphatic carbocycles. The Morgan fingerprint density at radius 2 is 1.56 bits per heavy atom. The maximum Gasteiger partial charge on any atom is 0.255 e. The van der Waals surface area contributed by atoms with Crippen molar-refractivity contribution < 1.29 is 24.3 Å². The summed E-state index contributed by atoms with van der Waals surface area (Å²) >= 11 is 0. The smallest absolute Gasteiger partial charge is 0.255 e. The predicted octanol–water partition coefficient (Wildman–Crippen LogP) is 7.13. The fourth-order valence-electron chi connectivity index (χ4n) is 4.36. The molecule has 0 saturated heterocycles. The van der Waals surface area contributed by atoms with Crippen LogP contribution in [0.4, 0.5) is 22.7 Å². The number of anilines is 2. The van der Waals surface area contributed by atoms with Crippen molar-refractivity contribution in [3.05, 3.63) is 120 Å². The quantitative estimate of drug-likeness (QED) is 0.0796. The van der Waals surface area contributed by atoms with Crippen molar-refractivity contribution >= 4 is 45.3 Å². The van der Waals surface area contributed by atoms with Gasteiger partial charge in [-0.3, -0.25) is 19.9 Å². The van der Waals surface area contributed by atoms with E-state index in [2.05, 4.69) is 26.3 Å². The van der Waals surface area contributed by atoms with Crippen LogP contribution < -0.4 is 20.9 Å². The first-order valence-electron chi connectivity index (χ1n) is 13.4. The van der Waals surface area contributed by atoms with Gasteiger partial charge in [0.05, 0.1) is 25.1 Å². The normalized spacial score (nSPS) is 10.9. The summed E-state index contributed by atoms with van der Waals surface area (Å²) in [5.74, 6) is -0.544. The van der Waals surface area contributed by atoms with Crippen LogP contribution >= 0.6 is 0 Å². The van der Waals surface area contributed by atoms with Gasteiger partial charge in [-0.2, -0.15) is 0 Å². The Labute approximate surface area is 248 Å². The van der Waals surface area contributed by atoms with Crippen LogP contribution in [0.5, 0.6) is 11.5 Å². The molecular weight excluding hydrogens is 546 g/mol. The molecule has 0 aromatic heterocycles. The maximum atomic E-state index is 12.9. The second kappa shape index (κ2) is 13.3. The Hall–Kier alpha value is -5.74. The van der Waals surface area contributed by atoms with Gasteiger partial charge in [0.15, 0.2) is 5.75 Å². The standard InChI is InChI=1S/C33H29N5O5/c1-34-32(40)23-13-15-26-24(17-23)18-28(35-33(41)22-11-7-4-8-12-22)31(39)30(26)37-36-27-19-25(14-16-29(27)42-2)38-43-20-21-9-5-3-6-10-21/h3-19,38-39H,20H2,1-2H3,(H,34,40)(H,35,41). The number of benzene rings is 5. The summed E-state index contributed by atoms with van der Waals surface area (Å²) in [6.07, 6.45) is 0. The van der Waals surface area contributed by atoms with Gasteiger partial charge in [0.25, 0.3) is 11.8 Å². The highest BCUT2D eigenvalue weighted by atomic mass is 16.6. The average molecular weight is 576 g/mol. The van der Waals surface area contributed by atoms with E-state index >= 15 is 0 Å². The highest BCUT2D eigenvalue weighted by Crippen LogP contribution is 2.43. The molecule has 216 valence electrons. The lowest BCUT2D eigenvalue weighted by Gasteiger charge is -2.13. The molecule has 2 amide bonds. The molecule has 5 aromatic rings. The zero-order chi connectivity index (χ0) is 30.2. The van der Waals surface area contributed by atoms with Crippen molar-refractivity contribution in [2.45, 2.75) is 6.61 Å². The van der Waals surface area contributed by atoms with Gasteiger partial charge in [0, 0.05) is 23.6 Å². The summed E-state index contributed by atoms with van der Waals surface area (Å²) in [6.45, 7) is 0.350. The van der Waals surface area contributed by atoms with Crippen molar-refractivity contribution in [2.75, 3.05) is 25.0 Å². The van der Waals surface area contributed by atoms with Crippen LogP contribution in [0.1, 0.15) is 26.3 Å².